The van der Waals surface area contributed by atoms with Crippen LogP contribution < -0.4 is 10.5 Å². The zero-order chi connectivity index (χ0) is 17.6. The lowest BCUT2D eigenvalue weighted by Gasteiger charge is -2.33. The van der Waals surface area contributed by atoms with Crippen molar-refractivity contribution in [3.63, 3.8) is 0 Å². The summed E-state index contributed by atoms with van der Waals surface area (Å²) in [7, 11) is 0. The molecule has 1 fully saturated rings. The fourth-order valence-electron chi connectivity index (χ4n) is 3.10. The third kappa shape index (κ3) is 4.18. The maximum atomic E-state index is 12.8. The van der Waals surface area contributed by atoms with Gasteiger partial charge < -0.3 is 15.4 Å². The van der Waals surface area contributed by atoms with Crippen molar-refractivity contribution < 1.29 is 14.3 Å². The van der Waals surface area contributed by atoms with Crippen LogP contribution in [0.3, 0.4) is 0 Å². The van der Waals surface area contributed by atoms with E-state index < -0.39 is 11.9 Å². The molecular formula is C20H22N2O3. The van der Waals surface area contributed by atoms with E-state index in [-0.39, 0.29) is 5.91 Å². The molecule has 1 atom stereocenters. The minimum absolute atomic E-state index is 0.173. The van der Waals surface area contributed by atoms with Crippen LogP contribution in [-0.4, -0.2) is 29.3 Å². The van der Waals surface area contributed by atoms with Crippen LogP contribution in [0.4, 0.5) is 0 Å². The third-order valence-electron chi connectivity index (χ3n) is 4.42. The monoisotopic (exact) mass is 338 g/mol. The van der Waals surface area contributed by atoms with Gasteiger partial charge in [-0.25, -0.2) is 0 Å². The lowest BCUT2D eigenvalue weighted by atomic mass is 10.0. The highest BCUT2D eigenvalue weighted by Crippen LogP contribution is 2.22. The number of hydrogen-bond acceptors (Lipinski definition) is 3. The van der Waals surface area contributed by atoms with Crippen LogP contribution >= 0.6 is 0 Å². The first-order valence-corrected chi connectivity index (χ1v) is 8.52. The van der Waals surface area contributed by atoms with Gasteiger partial charge in [-0.15, -0.1) is 0 Å². The van der Waals surface area contributed by atoms with E-state index in [9.17, 15) is 9.59 Å². The molecule has 2 aromatic rings. The molecule has 2 N–H and O–H groups in total. The van der Waals surface area contributed by atoms with Gasteiger partial charge in [0, 0.05) is 12.1 Å². The SMILES string of the molecule is NC(=O)C1CCCCN1C(=O)c1cccc(OCc2ccccc2)c1. The summed E-state index contributed by atoms with van der Waals surface area (Å²) < 4.78 is 5.78. The highest BCUT2D eigenvalue weighted by atomic mass is 16.5. The van der Waals surface area contributed by atoms with Gasteiger partial charge in [0.25, 0.3) is 5.91 Å². The van der Waals surface area contributed by atoms with E-state index in [1.54, 1.807) is 23.1 Å². The number of nitrogens with two attached hydrogens (primary N) is 1. The fourth-order valence-corrected chi connectivity index (χ4v) is 3.10. The van der Waals surface area contributed by atoms with Crippen LogP contribution in [0.2, 0.25) is 0 Å². The number of hydrogen-bond donors (Lipinski definition) is 1. The van der Waals surface area contributed by atoms with Crippen LogP contribution in [0.25, 0.3) is 0 Å². The van der Waals surface area contributed by atoms with Gasteiger partial charge in [0.2, 0.25) is 5.91 Å². The van der Waals surface area contributed by atoms with Gasteiger partial charge in [-0.05, 0) is 43.0 Å². The average Bonchev–Trinajstić information content (AvgIpc) is 2.67. The smallest absolute Gasteiger partial charge is 0.254 e. The Kier molecular flexibility index (Phi) is 5.33. The molecule has 5 heteroatoms. The number of likely N-dealkylation sites (tertiary alicyclic amines) is 1. The summed E-state index contributed by atoms with van der Waals surface area (Å²) in [6, 6.07) is 16.4. The normalized spacial score (nSPS) is 17.1. The zero-order valence-corrected chi connectivity index (χ0v) is 14.1. The summed E-state index contributed by atoms with van der Waals surface area (Å²) in [6.07, 6.45) is 2.43. The standard InChI is InChI=1S/C20H22N2O3/c21-19(23)18-11-4-5-12-22(18)20(24)16-9-6-10-17(13-16)25-14-15-7-2-1-3-8-15/h1-3,6-10,13,18H,4-5,11-12,14H2,(H2,21,23). The molecule has 0 aromatic heterocycles. The molecule has 1 saturated heterocycles. The quantitative estimate of drug-likeness (QED) is 0.911. The number of piperidine rings is 1. The minimum Gasteiger partial charge on any atom is -0.489 e. The van der Waals surface area contributed by atoms with Gasteiger partial charge in [-0.1, -0.05) is 36.4 Å². The van der Waals surface area contributed by atoms with E-state index in [0.717, 1.165) is 18.4 Å². The molecule has 25 heavy (non-hydrogen) atoms. The Balaban J connectivity index is 1.71. The molecule has 1 aliphatic rings. The topological polar surface area (TPSA) is 72.6 Å². The molecule has 1 heterocycles. The Morgan fingerprint density at radius 3 is 2.64 bits per heavy atom. The molecule has 1 aliphatic heterocycles. The maximum absolute atomic E-state index is 12.8. The van der Waals surface area contributed by atoms with Gasteiger partial charge in [-0.3, -0.25) is 9.59 Å². The van der Waals surface area contributed by atoms with Crippen molar-refractivity contribution in [2.24, 2.45) is 5.73 Å². The Morgan fingerprint density at radius 2 is 1.88 bits per heavy atom. The first-order valence-electron chi connectivity index (χ1n) is 8.52. The van der Waals surface area contributed by atoms with Crippen LogP contribution in [0.15, 0.2) is 54.6 Å². The summed E-state index contributed by atoms with van der Waals surface area (Å²) >= 11 is 0. The van der Waals surface area contributed by atoms with Crippen LogP contribution in [-0.2, 0) is 11.4 Å². The molecule has 0 saturated carbocycles. The van der Waals surface area contributed by atoms with Crippen LogP contribution in [0.5, 0.6) is 5.75 Å². The average molecular weight is 338 g/mol. The fraction of sp³-hybridized carbons (Fsp3) is 0.300. The first kappa shape index (κ1) is 17.0. The maximum Gasteiger partial charge on any atom is 0.254 e. The summed E-state index contributed by atoms with van der Waals surface area (Å²) in [6.45, 7) is 0.994. The molecule has 0 aliphatic carbocycles. The molecule has 5 nitrogen and oxygen atoms in total. The summed E-state index contributed by atoms with van der Waals surface area (Å²) in [5.41, 5.74) is 7.03. The highest BCUT2D eigenvalue weighted by molar-refractivity contribution is 5.97. The zero-order valence-electron chi connectivity index (χ0n) is 14.1. The van der Waals surface area contributed by atoms with Crippen molar-refractivity contribution in [1.29, 1.82) is 0 Å². The van der Waals surface area contributed by atoms with E-state index in [1.807, 2.05) is 36.4 Å². The molecule has 0 spiro atoms. The Morgan fingerprint density at radius 1 is 1.08 bits per heavy atom. The second-order valence-corrected chi connectivity index (χ2v) is 6.21. The number of rotatable bonds is 5. The van der Waals surface area contributed by atoms with Crippen molar-refractivity contribution in [3.05, 3.63) is 65.7 Å². The predicted octanol–water partition coefficient (Wildman–Crippen LogP) is 2.75. The lowest BCUT2D eigenvalue weighted by molar-refractivity contribution is -0.123. The second-order valence-electron chi connectivity index (χ2n) is 6.21. The minimum atomic E-state index is -0.518. The molecular weight excluding hydrogens is 316 g/mol. The molecule has 3 rings (SSSR count). The Labute approximate surface area is 147 Å². The number of amides is 2. The highest BCUT2D eigenvalue weighted by Gasteiger charge is 2.31. The van der Waals surface area contributed by atoms with Gasteiger partial charge in [0.05, 0.1) is 0 Å². The van der Waals surface area contributed by atoms with Crippen molar-refractivity contribution in [2.45, 2.75) is 31.9 Å². The first-order chi connectivity index (χ1) is 12.1. The van der Waals surface area contributed by atoms with Gasteiger partial charge in [0.15, 0.2) is 0 Å². The molecule has 2 aromatic carbocycles. The molecule has 0 bridgehead atoms. The van der Waals surface area contributed by atoms with E-state index >= 15 is 0 Å². The number of benzene rings is 2. The summed E-state index contributed by atoms with van der Waals surface area (Å²) in [5, 5.41) is 0. The van der Waals surface area contributed by atoms with Crippen molar-refractivity contribution >= 4 is 11.8 Å². The molecule has 1 unspecified atom stereocenters. The van der Waals surface area contributed by atoms with E-state index in [0.29, 0.717) is 30.9 Å². The third-order valence-corrected chi connectivity index (χ3v) is 4.42. The Bertz CT molecular complexity index is 746. The van der Waals surface area contributed by atoms with E-state index in [1.165, 1.54) is 0 Å². The van der Waals surface area contributed by atoms with Crippen molar-refractivity contribution in [1.82, 2.24) is 4.90 Å². The summed E-state index contributed by atoms with van der Waals surface area (Å²) in [5.74, 6) is 0.0144. The largest absolute Gasteiger partial charge is 0.489 e. The number of carbonyl (C=O) groups excluding carboxylic acids is 2. The van der Waals surface area contributed by atoms with Gasteiger partial charge >= 0.3 is 0 Å². The summed E-state index contributed by atoms with van der Waals surface area (Å²) in [4.78, 5) is 26.0. The second kappa shape index (κ2) is 7.83. The Hall–Kier alpha value is -2.82. The van der Waals surface area contributed by atoms with Crippen molar-refractivity contribution in [2.75, 3.05) is 6.54 Å². The predicted molar refractivity (Wildman–Crippen MR) is 95.1 cm³/mol. The van der Waals surface area contributed by atoms with Gasteiger partial charge in [-0.2, -0.15) is 0 Å². The lowest BCUT2D eigenvalue weighted by Crippen LogP contribution is -2.50. The van der Waals surface area contributed by atoms with E-state index in [2.05, 4.69) is 0 Å². The number of primary amides is 1. The van der Waals surface area contributed by atoms with Crippen LogP contribution in [0.1, 0.15) is 35.2 Å². The molecule has 0 radical (unpaired) electrons. The molecule has 130 valence electrons. The number of nitrogens with zero attached hydrogens (tertiary/aromatic N) is 1. The van der Waals surface area contributed by atoms with Gasteiger partial charge in [0.1, 0.15) is 18.4 Å². The van der Waals surface area contributed by atoms with E-state index in [4.69, 9.17) is 10.5 Å². The number of carbonyl (C=O) groups is 2. The number of ether oxygens (including phenoxy) is 1. The molecule has 2 amide bonds. The van der Waals surface area contributed by atoms with Crippen LogP contribution in [0, 0.1) is 0 Å². The van der Waals surface area contributed by atoms with Crippen molar-refractivity contribution in [3.8, 4) is 5.75 Å².